The van der Waals surface area contributed by atoms with Crippen molar-refractivity contribution in [3.63, 3.8) is 0 Å². The maximum atomic E-state index is 12.2. The molecular weight excluding hydrogens is 220 g/mol. The Balaban J connectivity index is 2.74. The third-order valence-corrected chi connectivity index (χ3v) is 1.94. The van der Waals surface area contributed by atoms with Crippen LogP contribution in [0.1, 0.15) is 10.5 Å². The number of halogens is 2. The molecule has 1 heterocycles. The Morgan fingerprint density at radius 3 is 2.81 bits per heavy atom. The molecule has 0 saturated carbocycles. The summed E-state index contributed by atoms with van der Waals surface area (Å²) in [7, 11) is 1.67. The first-order valence-electron chi connectivity index (χ1n) is 4.71. The zero-order chi connectivity index (χ0) is 12.1. The highest BCUT2D eigenvalue weighted by molar-refractivity contribution is 5.92. The Hall–Kier alpha value is -1.50. The maximum absolute atomic E-state index is 12.2. The van der Waals surface area contributed by atoms with E-state index in [-0.39, 0.29) is 18.8 Å². The van der Waals surface area contributed by atoms with Crippen LogP contribution in [0.15, 0.2) is 12.5 Å². The van der Waals surface area contributed by atoms with Gasteiger partial charge in [0.05, 0.1) is 19.5 Å². The van der Waals surface area contributed by atoms with E-state index in [0.717, 1.165) is 4.90 Å². The summed E-state index contributed by atoms with van der Waals surface area (Å²) in [6.45, 7) is -1.18. The highest BCUT2D eigenvalue weighted by Gasteiger charge is 2.20. The second-order valence-corrected chi connectivity index (χ2v) is 3.29. The van der Waals surface area contributed by atoms with Crippen molar-refractivity contribution in [2.75, 3.05) is 19.7 Å². The lowest BCUT2D eigenvalue weighted by Gasteiger charge is -2.19. The van der Waals surface area contributed by atoms with E-state index in [1.165, 1.54) is 12.5 Å². The molecule has 90 valence electrons. The van der Waals surface area contributed by atoms with Crippen LogP contribution in [-0.4, -0.2) is 51.6 Å². The van der Waals surface area contributed by atoms with Crippen LogP contribution in [0.2, 0.25) is 0 Å². The molecule has 1 amide bonds. The summed E-state index contributed by atoms with van der Waals surface area (Å²) in [4.78, 5) is 16.3. The number of hydrogen-bond donors (Lipinski definition) is 1. The molecule has 0 aliphatic carbocycles. The van der Waals surface area contributed by atoms with Crippen LogP contribution in [0.3, 0.4) is 0 Å². The molecule has 1 aromatic rings. The van der Waals surface area contributed by atoms with Gasteiger partial charge in [-0.25, -0.2) is 13.8 Å². The number of aryl methyl sites for hydroxylation is 1. The summed E-state index contributed by atoms with van der Waals surface area (Å²) < 4.78 is 25.9. The van der Waals surface area contributed by atoms with E-state index in [9.17, 15) is 13.6 Å². The van der Waals surface area contributed by atoms with Gasteiger partial charge in [-0.2, -0.15) is 0 Å². The van der Waals surface area contributed by atoms with E-state index in [1.54, 1.807) is 11.6 Å². The molecule has 0 fully saturated rings. The number of imidazole rings is 1. The van der Waals surface area contributed by atoms with Gasteiger partial charge in [0.2, 0.25) is 0 Å². The van der Waals surface area contributed by atoms with Gasteiger partial charge >= 0.3 is 0 Å². The first-order valence-corrected chi connectivity index (χ1v) is 4.71. The van der Waals surface area contributed by atoms with Crippen molar-refractivity contribution in [2.24, 2.45) is 7.05 Å². The monoisotopic (exact) mass is 233 g/mol. The van der Waals surface area contributed by atoms with Crippen molar-refractivity contribution in [1.29, 1.82) is 0 Å². The Morgan fingerprint density at radius 2 is 2.38 bits per heavy atom. The second-order valence-electron chi connectivity index (χ2n) is 3.29. The number of rotatable bonds is 5. The van der Waals surface area contributed by atoms with E-state index < -0.39 is 18.9 Å². The van der Waals surface area contributed by atoms with Gasteiger partial charge in [-0.1, -0.05) is 0 Å². The minimum Gasteiger partial charge on any atom is -0.395 e. The van der Waals surface area contributed by atoms with Gasteiger partial charge in [0, 0.05) is 19.8 Å². The summed E-state index contributed by atoms with van der Waals surface area (Å²) in [5.74, 6) is -0.602. The molecule has 0 atom stereocenters. The zero-order valence-electron chi connectivity index (χ0n) is 8.81. The van der Waals surface area contributed by atoms with Gasteiger partial charge in [-0.3, -0.25) is 4.79 Å². The summed E-state index contributed by atoms with van der Waals surface area (Å²) >= 11 is 0. The smallest absolute Gasteiger partial charge is 0.274 e. The topological polar surface area (TPSA) is 58.4 Å². The lowest BCUT2D eigenvalue weighted by atomic mass is 10.3. The molecule has 5 nitrogen and oxygen atoms in total. The number of nitrogens with zero attached hydrogens (tertiary/aromatic N) is 3. The highest BCUT2D eigenvalue weighted by Crippen LogP contribution is 2.05. The Kier molecular flexibility index (Phi) is 4.36. The van der Waals surface area contributed by atoms with Gasteiger partial charge in [0.15, 0.2) is 0 Å². The van der Waals surface area contributed by atoms with E-state index in [0.29, 0.717) is 0 Å². The third kappa shape index (κ3) is 3.27. The van der Waals surface area contributed by atoms with Gasteiger partial charge in [0.25, 0.3) is 12.3 Å². The van der Waals surface area contributed by atoms with Crippen molar-refractivity contribution in [1.82, 2.24) is 14.5 Å². The lowest BCUT2D eigenvalue weighted by Crippen LogP contribution is -2.37. The average molecular weight is 233 g/mol. The van der Waals surface area contributed by atoms with Crippen LogP contribution in [0.25, 0.3) is 0 Å². The molecule has 7 heteroatoms. The van der Waals surface area contributed by atoms with Crippen LogP contribution in [-0.2, 0) is 7.05 Å². The fourth-order valence-corrected chi connectivity index (χ4v) is 1.25. The quantitative estimate of drug-likeness (QED) is 0.785. The molecule has 1 rings (SSSR count). The number of alkyl halides is 2. The number of aromatic nitrogens is 2. The van der Waals surface area contributed by atoms with Crippen LogP contribution < -0.4 is 0 Å². The van der Waals surface area contributed by atoms with Crippen LogP contribution in [0.5, 0.6) is 0 Å². The SMILES string of the molecule is Cn1cnc(C(=O)N(CCO)CC(F)F)c1. The largest absolute Gasteiger partial charge is 0.395 e. The van der Waals surface area contributed by atoms with Crippen molar-refractivity contribution in [3.8, 4) is 0 Å². The van der Waals surface area contributed by atoms with Crippen molar-refractivity contribution < 1.29 is 18.7 Å². The minimum absolute atomic E-state index is 0.0941. The summed E-state index contributed by atoms with van der Waals surface area (Å²) in [6, 6.07) is 0. The molecule has 0 spiro atoms. The molecule has 1 aromatic heterocycles. The summed E-state index contributed by atoms with van der Waals surface area (Å²) in [6.07, 6.45) is 0.226. The Labute approximate surface area is 91.3 Å². The van der Waals surface area contributed by atoms with Crippen molar-refractivity contribution in [2.45, 2.75) is 6.43 Å². The highest BCUT2D eigenvalue weighted by atomic mass is 19.3. The molecule has 0 aliphatic rings. The predicted octanol–water partition coefficient (Wildman–Crippen LogP) is 0.120. The minimum atomic E-state index is -2.63. The number of aliphatic hydroxyl groups excluding tert-OH is 1. The van der Waals surface area contributed by atoms with Gasteiger partial charge < -0.3 is 14.6 Å². The number of amides is 1. The first kappa shape index (κ1) is 12.6. The zero-order valence-corrected chi connectivity index (χ0v) is 8.81. The van der Waals surface area contributed by atoms with Crippen LogP contribution in [0.4, 0.5) is 8.78 Å². The number of aliphatic hydroxyl groups is 1. The summed E-state index contributed by atoms with van der Waals surface area (Å²) in [5, 5.41) is 8.69. The first-order chi connectivity index (χ1) is 7.54. The number of carbonyl (C=O) groups is 1. The maximum Gasteiger partial charge on any atom is 0.274 e. The summed E-state index contributed by atoms with van der Waals surface area (Å²) in [5.41, 5.74) is 0.0941. The van der Waals surface area contributed by atoms with Gasteiger partial charge in [-0.15, -0.1) is 0 Å². The fourth-order valence-electron chi connectivity index (χ4n) is 1.25. The molecule has 0 radical (unpaired) electrons. The molecule has 0 unspecified atom stereocenters. The molecule has 0 aliphatic heterocycles. The van der Waals surface area contributed by atoms with Crippen molar-refractivity contribution >= 4 is 5.91 Å². The number of carbonyl (C=O) groups excluding carboxylic acids is 1. The van der Waals surface area contributed by atoms with E-state index in [2.05, 4.69) is 4.98 Å². The van der Waals surface area contributed by atoms with Gasteiger partial charge in [0.1, 0.15) is 5.69 Å². The second kappa shape index (κ2) is 5.55. The van der Waals surface area contributed by atoms with E-state index in [1.807, 2.05) is 0 Å². The van der Waals surface area contributed by atoms with E-state index in [4.69, 9.17) is 5.11 Å². The van der Waals surface area contributed by atoms with Gasteiger partial charge in [-0.05, 0) is 0 Å². The molecule has 0 saturated heterocycles. The van der Waals surface area contributed by atoms with Crippen molar-refractivity contribution in [3.05, 3.63) is 18.2 Å². The van der Waals surface area contributed by atoms with E-state index >= 15 is 0 Å². The molecule has 1 N–H and O–H groups in total. The van der Waals surface area contributed by atoms with Crippen LogP contribution >= 0.6 is 0 Å². The molecule has 0 aromatic carbocycles. The fraction of sp³-hybridized carbons (Fsp3) is 0.556. The molecule has 16 heavy (non-hydrogen) atoms. The average Bonchev–Trinajstić information content (AvgIpc) is 2.62. The Morgan fingerprint density at radius 1 is 1.69 bits per heavy atom. The third-order valence-electron chi connectivity index (χ3n) is 1.94. The lowest BCUT2D eigenvalue weighted by molar-refractivity contribution is 0.0504. The number of hydrogen-bond acceptors (Lipinski definition) is 3. The molecular formula is C9H13F2N3O2. The molecule has 0 bridgehead atoms. The predicted molar refractivity (Wildman–Crippen MR) is 52.2 cm³/mol. The van der Waals surface area contributed by atoms with Crippen LogP contribution in [0, 0.1) is 0 Å². The Bertz CT molecular complexity index is 354. The standard InChI is InChI=1S/C9H13F2N3O2/c1-13-4-7(12-6-13)9(16)14(2-3-15)5-8(10)11/h4,6,8,15H,2-3,5H2,1H3. The normalized spacial score (nSPS) is 10.8.